The largest absolute Gasteiger partial charge is 0.410 e. The van der Waals surface area contributed by atoms with Gasteiger partial charge in [0.2, 0.25) is 0 Å². The zero-order valence-electron chi connectivity index (χ0n) is 9.95. The van der Waals surface area contributed by atoms with Crippen molar-refractivity contribution in [2.24, 2.45) is 5.16 Å². The molecule has 1 heterocycles. The highest BCUT2D eigenvalue weighted by molar-refractivity contribution is 8.14. The predicted molar refractivity (Wildman–Crippen MR) is 80.8 cm³/mol. The molecule has 19 heavy (non-hydrogen) atoms. The van der Waals surface area contributed by atoms with E-state index in [1.807, 2.05) is 42.5 Å². The molecule has 0 aromatic heterocycles. The SMILES string of the molecule is O/N=C1\SCN(c2ccccc2)c2cc(Cl)ccc21. The highest BCUT2D eigenvalue weighted by atomic mass is 35.5. The van der Waals surface area contributed by atoms with E-state index in [0.717, 1.165) is 16.9 Å². The maximum atomic E-state index is 9.08. The van der Waals surface area contributed by atoms with E-state index >= 15 is 0 Å². The van der Waals surface area contributed by atoms with E-state index in [1.165, 1.54) is 11.8 Å². The van der Waals surface area contributed by atoms with Gasteiger partial charge in [-0.2, -0.15) is 0 Å². The van der Waals surface area contributed by atoms with Crippen molar-refractivity contribution < 1.29 is 5.21 Å². The van der Waals surface area contributed by atoms with Crippen molar-refractivity contribution in [3.05, 3.63) is 59.1 Å². The summed E-state index contributed by atoms with van der Waals surface area (Å²) in [5.41, 5.74) is 2.95. The topological polar surface area (TPSA) is 35.8 Å². The summed E-state index contributed by atoms with van der Waals surface area (Å²) < 4.78 is 0. The first-order valence-corrected chi connectivity index (χ1v) is 7.13. The number of thioether (sulfide) groups is 1. The number of rotatable bonds is 1. The Balaban J connectivity index is 2.13. The molecule has 5 heteroatoms. The van der Waals surface area contributed by atoms with Crippen LogP contribution in [0.2, 0.25) is 5.02 Å². The van der Waals surface area contributed by atoms with Gasteiger partial charge >= 0.3 is 0 Å². The molecule has 1 N–H and O–H groups in total. The molecule has 0 amide bonds. The minimum absolute atomic E-state index is 0.624. The van der Waals surface area contributed by atoms with E-state index in [0.29, 0.717) is 15.9 Å². The Kier molecular flexibility index (Phi) is 3.36. The molecule has 0 spiro atoms. The quantitative estimate of drug-likeness (QED) is 0.628. The molecule has 0 radical (unpaired) electrons. The predicted octanol–water partition coefficient (Wildman–Crippen LogP) is 4.32. The Morgan fingerprint density at radius 1 is 1.16 bits per heavy atom. The Labute approximate surface area is 120 Å². The second-order valence-electron chi connectivity index (χ2n) is 4.10. The zero-order valence-corrected chi connectivity index (χ0v) is 11.5. The molecule has 2 aromatic carbocycles. The molecule has 3 nitrogen and oxygen atoms in total. The van der Waals surface area contributed by atoms with Gasteiger partial charge in [0.05, 0.1) is 11.6 Å². The molecule has 3 rings (SSSR count). The molecule has 96 valence electrons. The van der Waals surface area contributed by atoms with Crippen molar-refractivity contribution >= 4 is 39.8 Å². The van der Waals surface area contributed by atoms with E-state index in [2.05, 4.69) is 10.1 Å². The van der Waals surface area contributed by atoms with Gasteiger partial charge in [-0.25, -0.2) is 0 Å². The van der Waals surface area contributed by atoms with E-state index in [4.69, 9.17) is 16.8 Å². The lowest BCUT2D eigenvalue weighted by Gasteiger charge is -2.31. The van der Waals surface area contributed by atoms with Crippen molar-refractivity contribution in [3.8, 4) is 0 Å². The van der Waals surface area contributed by atoms with Crippen LogP contribution in [0, 0.1) is 0 Å². The molecule has 0 unspecified atom stereocenters. The molecule has 0 bridgehead atoms. The number of hydrogen-bond acceptors (Lipinski definition) is 4. The first kappa shape index (κ1) is 12.4. The average molecular weight is 291 g/mol. The van der Waals surface area contributed by atoms with Gasteiger partial charge < -0.3 is 10.1 Å². The lowest BCUT2D eigenvalue weighted by molar-refractivity contribution is 0.321. The monoisotopic (exact) mass is 290 g/mol. The Morgan fingerprint density at radius 3 is 2.68 bits per heavy atom. The highest BCUT2D eigenvalue weighted by Crippen LogP contribution is 2.38. The number of hydrogen-bond donors (Lipinski definition) is 1. The van der Waals surface area contributed by atoms with Crippen LogP contribution in [0.25, 0.3) is 0 Å². The molecule has 0 atom stereocenters. The third-order valence-corrected chi connectivity index (χ3v) is 4.17. The number of oxime groups is 1. The standard InChI is InChI=1S/C14H11ClN2OS/c15-10-6-7-12-13(8-10)17(9-19-14(12)16-18)11-4-2-1-3-5-11/h1-8,18H,9H2/b16-14-. The minimum atomic E-state index is 0.624. The molecule has 0 aliphatic carbocycles. The van der Waals surface area contributed by atoms with Crippen LogP contribution in [-0.4, -0.2) is 16.1 Å². The van der Waals surface area contributed by atoms with Gasteiger partial charge in [-0.05, 0) is 30.3 Å². The summed E-state index contributed by atoms with van der Waals surface area (Å²) in [6, 6.07) is 15.7. The number of nitrogens with zero attached hydrogens (tertiary/aromatic N) is 2. The lowest BCUT2D eigenvalue weighted by Crippen LogP contribution is -2.24. The van der Waals surface area contributed by atoms with Gasteiger partial charge in [0.15, 0.2) is 0 Å². The van der Waals surface area contributed by atoms with Crippen molar-refractivity contribution in [3.63, 3.8) is 0 Å². The van der Waals surface area contributed by atoms with E-state index in [-0.39, 0.29) is 0 Å². The normalized spacial score (nSPS) is 16.5. The molecule has 0 fully saturated rings. The van der Waals surface area contributed by atoms with Gasteiger partial charge in [-0.1, -0.05) is 46.7 Å². The third-order valence-electron chi connectivity index (χ3n) is 2.97. The summed E-state index contributed by atoms with van der Waals surface area (Å²) >= 11 is 7.58. The Bertz CT molecular complexity index is 631. The summed E-state index contributed by atoms with van der Waals surface area (Å²) in [6.45, 7) is 0. The average Bonchev–Trinajstić information content (AvgIpc) is 2.46. The van der Waals surface area contributed by atoms with Gasteiger partial charge in [0.25, 0.3) is 0 Å². The summed E-state index contributed by atoms with van der Waals surface area (Å²) in [5.74, 6) is 0.691. The van der Waals surface area contributed by atoms with Gasteiger partial charge in [0, 0.05) is 16.3 Å². The second kappa shape index (κ2) is 5.15. The minimum Gasteiger partial charge on any atom is -0.410 e. The van der Waals surface area contributed by atoms with Gasteiger partial charge in [-0.3, -0.25) is 0 Å². The molecule has 0 saturated carbocycles. The number of anilines is 2. The van der Waals surface area contributed by atoms with Crippen LogP contribution in [0.5, 0.6) is 0 Å². The van der Waals surface area contributed by atoms with Crippen molar-refractivity contribution in [1.29, 1.82) is 0 Å². The fraction of sp³-hybridized carbons (Fsp3) is 0.0714. The maximum absolute atomic E-state index is 9.08. The second-order valence-corrected chi connectivity index (χ2v) is 5.47. The van der Waals surface area contributed by atoms with Crippen LogP contribution in [0.1, 0.15) is 5.56 Å². The number of halogens is 1. The molecule has 1 aliphatic heterocycles. The van der Waals surface area contributed by atoms with Crippen LogP contribution < -0.4 is 4.90 Å². The zero-order chi connectivity index (χ0) is 13.2. The third kappa shape index (κ3) is 2.29. The number of fused-ring (bicyclic) bond motifs is 1. The van der Waals surface area contributed by atoms with Crippen LogP contribution in [0.3, 0.4) is 0 Å². The summed E-state index contributed by atoms with van der Waals surface area (Å²) in [6.07, 6.45) is 0. The molecule has 1 aliphatic rings. The Morgan fingerprint density at radius 2 is 1.95 bits per heavy atom. The van der Waals surface area contributed by atoms with Gasteiger partial charge in [-0.15, -0.1) is 0 Å². The van der Waals surface area contributed by atoms with Crippen LogP contribution >= 0.6 is 23.4 Å². The van der Waals surface area contributed by atoms with Crippen LogP contribution in [0.4, 0.5) is 11.4 Å². The van der Waals surface area contributed by atoms with Crippen LogP contribution in [-0.2, 0) is 0 Å². The van der Waals surface area contributed by atoms with Crippen LogP contribution in [0.15, 0.2) is 53.7 Å². The van der Waals surface area contributed by atoms with Crippen molar-refractivity contribution in [2.45, 2.75) is 0 Å². The van der Waals surface area contributed by atoms with Crippen molar-refractivity contribution in [2.75, 3.05) is 10.8 Å². The fourth-order valence-corrected chi connectivity index (χ4v) is 3.18. The smallest absolute Gasteiger partial charge is 0.146 e. The highest BCUT2D eigenvalue weighted by Gasteiger charge is 2.24. The van der Waals surface area contributed by atoms with Gasteiger partial charge in [0.1, 0.15) is 5.04 Å². The molecular weight excluding hydrogens is 280 g/mol. The first-order chi connectivity index (χ1) is 9.29. The van der Waals surface area contributed by atoms with E-state index in [1.54, 1.807) is 6.07 Å². The summed E-state index contributed by atoms with van der Waals surface area (Å²) in [7, 11) is 0. The molecule has 2 aromatic rings. The molecular formula is C14H11ClN2OS. The number of benzene rings is 2. The first-order valence-electron chi connectivity index (χ1n) is 5.77. The number of para-hydroxylation sites is 1. The fourth-order valence-electron chi connectivity index (χ4n) is 2.09. The van der Waals surface area contributed by atoms with Crippen molar-refractivity contribution in [1.82, 2.24) is 0 Å². The van der Waals surface area contributed by atoms with E-state index in [9.17, 15) is 0 Å². The lowest BCUT2D eigenvalue weighted by atomic mass is 10.1. The summed E-state index contributed by atoms with van der Waals surface area (Å²) in [5, 5.41) is 13.7. The van der Waals surface area contributed by atoms with E-state index < -0.39 is 0 Å². The summed E-state index contributed by atoms with van der Waals surface area (Å²) in [4.78, 5) is 2.15. The maximum Gasteiger partial charge on any atom is 0.146 e. The molecule has 0 saturated heterocycles. The Hall–Kier alpha value is -1.65.